The molecule has 0 aromatic heterocycles. The SMILES string of the molecule is C1CCC2N=C(NC3CCSCC3)SCC2C1. The molecular formula is C13H22N2S2. The van der Waals surface area contributed by atoms with Crippen molar-refractivity contribution in [3.8, 4) is 0 Å². The minimum absolute atomic E-state index is 0.644. The van der Waals surface area contributed by atoms with E-state index in [4.69, 9.17) is 4.99 Å². The van der Waals surface area contributed by atoms with Crippen molar-refractivity contribution in [2.24, 2.45) is 10.9 Å². The molecule has 2 fully saturated rings. The highest BCUT2D eigenvalue weighted by Gasteiger charge is 2.29. The smallest absolute Gasteiger partial charge is 0.157 e. The van der Waals surface area contributed by atoms with Gasteiger partial charge in [0.25, 0.3) is 0 Å². The quantitative estimate of drug-likeness (QED) is 0.792. The van der Waals surface area contributed by atoms with Crippen molar-refractivity contribution >= 4 is 28.7 Å². The number of rotatable bonds is 1. The molecule has 2 aliphatic heterocycles. The minimum Gasteiger partial charge on any atom is -0.362 e. The summed E-state index contributed by atoms with van der Waals surface area (Å²) in [5.74, 6) is 4.82. The summed E-state index contributed by atoms with van der Waals surface area (Å²) in [4.78, 5) is 4.96. The molecule has 0 bridgehead atoms. The molecule has 2 atom stereocenters. The predicted molar refractivity (Wildman–Crippen MR) is 79.1 cm³/mol. The zero-order valence-electron chi connectivity index (χ0n) is 10.4. The maximum Gasteiger partial charge on any atom is 0.157 e. The summed E-state index contributed by atoms with van der Waals surface area (Å²) in [6, 6.07) is 1.34. The maximum absolute atomic E-state index is 4.96. The van der Waals surface area contributed by atoms with Crippen LogP contribution in [0.5, 0.6) is 0 Å². The summed E-state index contributed by atoms with van der Waals surface area (Å²) in [6.45, 7) is 0. The third kappa shape index (κ3) is 3.14. The second kappa shape index (κ2) is 5.87. The minimum atomic E-state index is 0.644. The van der Waals surface area contributed by atoms with E-state index >= 15 is 0 Å². The van der Waals surface area contributed by atoms with E-state index < -0.39 is 0 Å². The Labute approximate surface area is 113 Å². The van der Waals surface area contributed by atoms with Gasteiger partial charge in [0.05, 0.1) is 6.04 Å². The molecule has 0 spiro atoms. The molecule has 17 heavy (non-hydrogen) atoms. The fourth-order valence-corrected chi connectivity index (χ4v) is 5.35. The average molecular weight is 270 g/mol. The van der Waals surface area contributed by atoms with Crippen LogP contribution < -0.4 is 5.32 Å². The first-order chi connectivity index (χ1) is 8.42. The topological polar surface area (TPSA) is 24.4 Å². The normalized spacial score (nSPS) is 34.9. The molecule has 0 aromatic rings. The van der Waals surface area contributed by atoms with Gasteiger partial charge in [0.1, 0.15) is 0 Å². The van der Waals surface area contributed by atoms with E-state index in [1.807, 2.05) is 11.8 Å². The zero-order chi connectivity index (χ0) is 11.5. The van der Waals surface area contributed by atoms with Gasteiger partial charge in [0, 0.05) is 11.8 Å². The van der Waals surface area contributed by atoms with Gasteiger partial charge in [-0.1, -0.05) is 24.6 Å². The zero-order valence-corrected chi connectivity index (χ0v) is 12.0. The van der Waals surface area contributed by atoms with E-state index in [-0.39, 0.29) is 0 Å². The number of hydrogen-bond acceptors (Lipinski definition) is 4. The van der Waals surface area contributed by atoms with Crippen molar-refractivity contribution in [3.05, 3.63) is 0 Å². The van der Waals surface area contributed by atoms with Crippen LogP contribution in [0.2, 0.25) is 0 Å². The van der Waals surface area contributed by atoms with E-state index in [1.165, 1.54) is 61.0 Å². The fraction of sp³-hybridized carbons (Fsp3) is 0.923. The first-order valence-corrected chi connectivity index (χ1v) is 9.11. The van der Waals surface area contributed by atoms with Gasteiger partial charge >= 0.3 is 0 Å². The van der Waals surface area contributed by atoms with E-state index in [0.29, 0.717) is 12.1 Å². The largest absolute Gasteiger partial charge is 0.362 e. The summed E-state index contributed by atoms with van der Waals surface area (Å²) in [5, 5.41) is 4.95. The van der Waals surface area contributed by atoms with Gasteiger partial charge in [-0.25, -0.2) is 0 Å². The van der Waals surface area contributed by atoms with Crippen LogP contribution in [-0.2, 0) is 0 Å². The van der Waals surface area contributed by atoms with Crippen LogP contribution in [-0.4, -0.2) is 34.5 Å². The Hall–Kier alpha value is 0.170. The van der Waals surface area contributed by atoms with Crippen LogP contribution >= 0.6 is 23.5 Å². The molecular weight excluding hydrogens is 248 g/mol. The number of thioether (sulfide) groups is 2. The highest BCUT2D eigenvalue weighted by atomic mass is 32.2. The lowest BCUT2D eigenvalue weighted by Crippen LogP contribution is -2.40. The van der Waals surface area contributed by atoms with Crippen molar-refractivity contribution in [1.29, 1.82) is 0 Å². The van der Waals surface area contributed by atoms with E-state index in [2.05, 4.69) is 17.1 Å². The van der Waals surface area contributed by atoms with Crippen LogP contribution in [0.1, 0.15) is 38.5 Å². The molecule has 3 rings (SSSR count). The molecule has 0 aromatic carbocycles. The molecule has 1 N–H and O–H groups in total. The number of aliphatic imine (C=N–C) groups is 1. The number of hydrogen-bond donors (Lipinski definition) is 1. The van der Waals surface area contributed by atoms with E-state index in [0.717, 1.165) is 5.92 Å². The summed E-state index contributed by atoms with van der Waals surface area (Å²) in [7, 11) is 0. The highest BCUT2D eigenvalue weighted by molar-refractivity contribution is 8.13. The Balaban J connectivity index is 1.57. The number of amidine groups is 1. The monoisotopic (exact) mass is 270 g/mol. The van der Waals surface area contributed by atoms with Crippen molar-refractivity contribution < 1.29 is 0 Å². The van der Waals surface area contributed by atoms with Gasteiger partial charge in [0.15, 0.2) is 5.17 Å². The number of fused-ring (bicyclic) bond motifs is 1. The first kappa shape index (κ1) is 12.2. The van der Waals surface area contributed by atoms with Crippen molar-refractivity contribution in [2.75, 3.05) is 17.3 Å². The second-order valence-corrected chi connectivity index (χ2v) is 7.62. The maximum atomic E-state index is 4.96. The van der Waals surface area contributed by atoms with Gasteiger partial charge in [-0.15, -0.1) is 0 Å². The molecule has 4 heteroatoms. The number of nitrogens with one attached hydrogen (secondary N) is 1. The summed E-state index contributed by atoms with van der Waals surface area (Å²) < 4.78 is 0. The van der Waals surface area contributed by atoms with Gasteiger partial charge in [0.2, 0.25) is 0 Å². The molecule has 96 valence electrons. The summed E-state index contributed by atoms with van der Waals surface area (Å²) in [6.07, 6.45) is 8.20. The number of nitrogens with zero attached hydrogens (tertiary/aromatic N) is 1. The fourth-order valence-electron chi connectivity index (χ4n) is 3.02. The molecule has 0 radical (unpaired) electrons. The Morgan fingerprint density at radius 1 is 1.06 bits per heavy atom. The molecule has 2 nitrogen and oxygen atoms in total. The van der Waals surface area contributed by atoms with Gasteiger partial charge in [-0.2, -0.15) is 11.8 Å². The molecule has 1 aliphatic carbocycles. The highest BCUT2D eigenvalue weighted by Crippen LogP contribution is 2.34. The standard InChI is InChI=1S/C13H22N2S2/c1-2-4-12-10(3-1)9-17-13(15-12)14-11-5-7-16-8-6-11/h10-12H,1-9H2,(H,14,15). The molecule has 2 heterocycles. The van der Waals surface area contributed by atoms with E-state index in [9.17, 15) is 0 Å². The van der Waals surface area contributed by atoms with Crippen LogP contribution in [0, 0.1) is 5.92 Å². The lowest BCUT2D eigenvalue weighted by Gasteiger charge is -2.34. The Kier molecular flexibility index (Phi) is 4.22. The van der Waals surface area contributed by atoms with Crippen LogP contribution in [0.25, 0.3) is 0 Å². The first-order valence-electron chi connectivity index (χ1n) is 6.97. The Morgan fingerprint density at radius 3 is 2.76 bits per heavy atom. The van der Waals surface area contributed by atoms with Gasteiger partial charge in [-0.05, 0) is 43.1 Å². The van der Waals surface area contributed by atoms with Crippen LogP contribution in [0.15, 0.2) is 4.99 Å². The molecule has 3 aliphatic rings. The molecule has 1 saturated heterocycles. The average Bonchev–Trinajstić information content (AvgIpc) is 2.40. The Bertz CT molecular complexity index is 287. The molecule has 0 amide bonds. The lowest BCUT2D eigenvalue weighted by atomic mass is 9.86. The third-order valence-electron chi connectivity index (χ3n) is 4.14. The summed E-state index contributed by atoms with van der Waals surface area (Å²) in [5.41, 5.74) is 0. The van der Waals surface area contributed by atoms with Gasteiger partial charge in [-0.3, -0.25) is 4.99 Å². The Morgan fingerprint density at radius 2 is 1.88 bits per heavy atom. The molecule has 1 saturated carbocycles. The molecule has 2 unspecified atom stereocenters. The lowest BCUT2D eigenvalue weighted by molar-refractivity contribution is 0.335. The van der Waals surface area contributed by atoms with Crippen molar-refractivity contribution in [3.63, 3.8) is 0 Å². The predicted octanol–water partition coefficient (Wildman–Crippen LogP) is 3.13. The van der Waals surface area contributed by atoms with Gasteiger partial charge < -0.3 is 5.32 Å². The van der Waals surface area contributed by atoms with Crippen molar-refractivity contribution in [2.45, 2.75) is 50.6 Å². The van der Waals surface area contributed by atoms with E-state index in [1.54, 1.807) is 0 Å². The van der Waals surface area contributed by atoms with Crippen molar-refractivity contribution in [1.82, 2.24) is 5.32 Å². The second-order valence-electron chi connectivity index (χ2n) is 5.39. The van der Waals surface area contributed by atoms with Crippen LogP contribution in [0.4, 0.5) is 0 Å². The summed E-state index contributed by atoms with van der Waals surface area (Å²) >= 11 is 4.07. The van der Waals surface area contributed by atoms with Crippen LogP contribution in [0.3, 0.4) is 0 Å². The third-order valence-corrected chi connectivity index (χ3v) is 6.28.